The van der Waals surface area contributed by atoms with E-state index in [1.165, 1.54) is 29.9 Å². The number of hydrogen-bond donors (Lipinski definition) is 1. The number of halogens is 1. The Morgan fingerprint density at radius 2 is 2.21 bits per heavy atom. The molecule has 2 nitrogen and oxygen atoms in total. The van der Waals surface area contributed by atoms with Crippen LogP contribution in [0.15, 0.2) is 35.7 Å². The van der Waals surface area contributed by atoms with Crippen molar-refractivity contribution in [1.82, 2.24) is 0 Å². The molecule has 0 saturated heterocycles. The van der Waals surface area contributed by atoms with E-state index < -0.39 is 0 Å². The molecule has 0 amide bonds. The lowest BCUT2D eigenvalue weighted by atomic mass is 10.1. The van der Waals surface area contributed by atoms with Crippen LogP contribution in [0.2, 0.25) is 0 Å². The van der Waals surface area contributed by atoms with Gasteiger partial charge in [0.05, 0.1) is 18.8 Å². The summed E-state index contributed by atoms with van der Waals surface area (Å²) in [5.41, 5.74) is 0.856. The minimum Gasteiger partial charge on any atom is -0.494 e. The Bertz CT molecular complexity index is 551. The number of thiophene rings is 1. The molecule has 0 radical (unpaired) electrons. The predicted octanol–water partition coefficient (Wildman–Crippen LogP) is 4.46. The molecular formula is C15H16FNOS. The maximum absolute atomic E-state index is 13.2. The number of hydrogen-bond acceptors (Lipinski definition) is 3. The number of benzene rings is 1. The first-order valence-corrected chi connectivity index (χ1v) is 7.29. The van der Waals surface area contributed by atoms with Gasteiger partial charge >= 0.3 is 0 Å². The highest BCUT2D eigenvalue weighted by Gasteiger charge is 2.33. The van der Waals surface area contributed by atoms with Gasteiger partial charge in [0.25, 0.3) is 0 Å². The second-order valence-electron chi connectivity index (χ2n) is 4.82. The summed E-state index contributed by atoms with van der Waals surface area (Å²) in [6.45, 7) is 0. The molecule has 1 fully saturated rings. The Labute approximate surface area is 116 Å². The SMILES string of the molecule is COc1cc(F)ccc1NC(c1cccs1)C1CC1. The molecule has 1 aliphatic carbocycles. The maximum atomic E-state index is 13.2. The lowest BCUT2D eigenvalue weighted by Gasteiger charge is -2.20. The molecule has 1 saturated carbocycles. The predicted molar refractivity (Wildman–Crippen MR) is 76.4 cm³/mol. The Kier molecular flexibility index (Phi) is 3.42. The Morgan fingerprint density at radius 1 is 1.37 bits per heavy atom. The number of nitrogens with one attached hydrogen (secondary N) is 1. The summed E-state index contributed by atoms with van der Waals surface area (Å²) in [5, 5.41) is 5.60. The van der Waals surface area contributed by atoms with Gasteiger partial charge in [0.2, 0.25) is 0 Å². The Morgan fingerprint density at radius 3 is 2.84 bits per heavy atom. The van der Waals surface area contributed by atoms with Crippen LogP contribution in [0, 0.1) is 11.7 Å². The summed E-state index contributed by atoms with van der Waals surface area (Å²) in [5.74, 6) is 0.956. The molecule has 1 aliphatic rings. The summed E-state index contributed by atoms with van der Waals surface area (Å²) in [7, 11) is 1.57. The van der Waals surface area contributed by atoms with Crippen molar-refractivity contribution in [2.75, 3.05) is 12.4 Å². The molecule has 1 aromatic carbocycles. The van der Waals surface area contributed by atoms with Crippen LogP contribution in [-0.4, -0.2) is 7.11 Å². The van der Waals surface area contributed by atoms with Gasteiger partial charge in [0.15, 0.2) is 0 Å². The fourth-order valence-corrected chi connectivity index (χ4v) is 3.14. The van der Waals surface area contributed by atoms with Gasteiger partial charge in [-0.05, 0) is 42.3 Å². The van der Waals surface area contributed by atoms with Crippen molar-refractivity contribution >= 4 is 17.0 Å². The summed E-state index contributed by atoms with van der Waals surface area (Å²) in [4.78, 5) is 1.33. The first-order chi connectivity index (χ1) is 9.28. The highest BCUT2D eigenvalue weighted by Crippen LogP contribution is 2.45. The average Bonchev–Trinajstić information content (AvgIpc) is 3.11. The lowest BCUT2D eigenvalue weighted by molar-refractivity contribution is 0.412. The van der Waals surface area contributed by atoms with Gasteiger partial charge in [0.1, 0.15) is 11.6 Å². The summed E-state index contributed by atoms with van der Waals surface area (Å²) >= 11 is 1.76. The van der Waals surface area contributed by atoms with Gasteiger partial charge < -0.3 is 10.1 Å². The van der Waals surface area contributed by atoms with Crippen LogP contribution in [-0.2, 0) is 0 Å². The Balaban J connectivity index is 1.86. The average molecular weight is 277 g/mol. The van der Waals surface area contributed by atoms with Crippen molar-refractivity contribution in [3.63, 3.8) is 0 Å². The van der Waals surface area contributed by atoms with E-state index in [0.717, 1.165) is 5.69 Å². The van der Waals surface area contributed by atoms with E-state index >= 15 is 0 Å². The zero-order chi connectivity index (χ0) is 13.2. The molecule has 100 valence electrons. The van der Waals surface area contributed by atoms with Gasteiger partial charge in [0, 0.05) is 10.9 Å². The molecule has 0 aliphatic heterocycles. The van der Waals surface area contributed by atoms with E-state index in [0.29, 0.717) is 17.7 Å². The van der Waals surface area contributed by atoms with Gasteiger partial charge in [-0.15, -0.1) is 11.3 Å². The molecule has 0 bridgehead atoms. The van der Waals surface area contributed by atoms with Gasteiger partial charge in [-0.3, -0.25) is 0 Å². The summed E-state index contributed by atoms with van der Waals surface area (Å²) in [6, 6.07) is 9.15. The molecule has 0 spiro atoms. The van der Waals surface area contributed by atoms with E-state index in [-0.39, 0.29) is 5.82 Å². The third-order valence-corrected chi connectivity index (χ3v) is 4.37. The topological polar surface area (TPSA) is 21.3 Å². The molecule has 1 unspecified atom stereocenters. The van der Waals surface area contributed by atoms with Gasteiger partial charge in [-0.2, -0.15) is 0 Å². The second-order valence-corrected chi connectivity index (χ2v) is 5.80. The van der Waals surface area contributed by atoms with E-state index in [4.69, 9.17) is 4.74 Å². The lowest BCUT2D eigenvalue weighted by Crippen LogP contribution is -2.12. The van der Waals surface area contributed by atoms with Crippen LogP contribution in [0.4, 0.5) is 10.1 Å². The van der Waals surface area contributed by atoms with Crippen molar-refractivity contribution in [1.29, 1.82) is 0 Å². The van der Waals surface area contributed by atoms with Crippen molar-refractivity contribution in [3.05, 3.63) is 46.4 Å². The molecule has 1 heterocycles. The third kappa shape index (κ3) is 2.73. The van der Waals surface area contributed by atoms with Crippen molar-refractivity contribution < 1.29 is 9.13 Å². The molecule has 3 rings (SSSR count). The van der Waals surface area contributed by atoms with Crippen LogP contribution >= 0.6 is 11.3 Å². The quantitative estimate of drug-likeness (QED) is 0.871. The second kappa shape index (κ2) is 5.21. The van der Waals surface area contributed by atoms with E-state index in [1.807, 2.05) is 0 Å². The molecule has 1 N–H and O–H groups in total. The standard InChI is InChI=1S/C15H16FNOS/c1-18-13-9-11(16)6-7-12(13)17-15(10-4-5-10)14-3-2-8-19-14/h2-3,6-10,15,17H,4-5H2,1H3. The third-order valence-electron chi connectivity index (χ3n) is 3.42. The highest BCUT2D eigenvalue weighted by atomic mass is 32.1. The van der Waals surface area contributed by atoms with Crippen LogP contribution in [0.3, 0.4) is 0 Å². The minimum absolute atomic E-state index is 0.276. The molecule has 19 heavy (non-hydrogen) atoms. The largest absolute Gasteiger partial charge is 0.494 e. The molecule has 1 aromatic heterocycles. The van der Waals surface area contributed by atoms with Gasteiger partial charge in [-0.25, -0.2) is 4.39 Å². The summed E-state index contributed by atoms with van der Waals surface area (Å²) < 4.78 is 18.5. The zero-order valence-electron chi connectivity index (χ0n) is 10.7. The van der Waals surface area contributed by atoms with Crippen molar-refractivity contribution in [2.24, 2.45) is 5.92 Å². The normalized spacial score (nSPS) is 16.1. The van der Waals surface area contributed by atoms with Gasteiger partial charge in [-0.1, -0.05) is 6.07 Å². The number of anilines is 1. The molecule has 2 aromatic rings. The zero-order valence-corrected chi connectivity index (χ0v) is 11.5. The molecule has 1 atom stereocenters. The molecular weight excluding hydrogens is 261 g/mol. The maximum Gasteiger partial charge on any atom is 0.144 e. The highest BCUT2D eigenvalue weighted by molar-refractivity contribution is 7.10. The Hall–Kier alpha value is -1.55. The first kappa shape index (κ1) is 12.5. The van der Waals surface area contributed by atoms with Crippen LogP contribution in [0.25, 0.3) is 0 Å². The molecule has 4 heteroatoms. The summed E-state index contributed by atoms with van der Waals surface area (Å²) in [6.07, 6.45) is 2.50. The fourth-order valence-electron chi connectivity index (χ4n) is 2.27. The minimum atomic E-state index is -0.276. The number of ether oxygens (including phenoxy) is 1. The van der Waals surface area contributed by atoms with E-state index in [1.54, 1.807) is 24.5 Å². The van der Waals surface area contributed by atoms with Crippen molar-refractivity contribution in [3.8, 4) is 5.75 Å². The van der Waals surface area contributed by atoms with E-state index in [2.05, 4.69) is 22.8 Å². The number of rotatable bonds is 5. The van der Waals surface area contributed by atoms with Crippen LogP contribution in [0.1, 0.15) is 23.8 Å². The first-order valence-electron chi connectivity index (χ1n) is 6.41. The van der Waals surface area contributed by atoms with Crippen molar-refractivity contribution in [2.45, 2.75) is 18.9 Å². The smallest absolute Gasteiger partial charge is 0.144 e. The fraction of sp³-hybridized carbons (Fsp3) is 0.333. The van der Waals surface area contributed by atoms with E-state index in [9.17, 15) is 4.39 Å². The van der Waals surface area contributed by atoms with Crippen LogP contribution < -0.4 is 10.1 Å². The van der Waals surface area contributed by atoms with Crippen LogP contribution in [0.5, 0.6) is 5.75 Å². The monoisotopic (exact) mass is 277 g/mol. The number of methoxy groups -OCH3 is 1.